The standard InChI is InChI=1S/C10H9NOS2/c12-8-3-1-2-4-9(8)14-7-10-11-5-6-13-10/h1-6,12H,7H2. The molecule has 1 N–H and O–H groups in total. The van der Waals surface area contributed by atoms with E-state index in [0.29, 0.717) is 5.75 Å². The number of aromatic hydroxyl groups is 1. The van der Waals surface area contributed by atoms with Crippen LogP contribution in [-0.2, 0) is 5.75 Å². The molecule has 0 aliphatic rings. The van der Waals surface area contributed by atoms with E-state index in [1.807, 2.05) is 23.6 Å². The number of rotatable bonds is 3. The minimum Gasteiger partial charge on any atom is -0.507 e. The highest BCUT2D eigenvalue weighted by Crippen LogP contribution is 2.30. The summed E-state index contributed by atoms with van der Waals surface area (Å²) in [7, 11) is 0. The second kappa shape index (κ2) is 4.48. The zero-order chi connectivity index (χ0) is 9.80. The molecule has 0 saturated heterocycles. The van der Waals surface area contributed by atoms with E-state index in [2.05, 4.69) is 4.98 Å². The Balaban J connectivity index is 2.02. The molecule has 4 heteroatoms. The number of thiazole rings is 1. The zero-order valence-electron chi connectivity index (χ0n) is 7.38. The van der Waals surface area contributed by atoms with Crippen LogP contribution >= 0.6 is 23.1 Å². The molecule has 0 atom stereocenters. The first-order valence-electron chi connectivity index (χ1n) is 4.15. The van der Waals surface area contributed by atoms with Crippen molar-refractivity contribution < 1.29 is 5.11 Å². The Morgan fingerprint density at radius 2 is 2.21 bits per heavy atom. The van der Waals surface area contributed by atoms with Crippen LogP contribution in [0.3, 0.4) is 0 Å². The smallest absolute Gasteiger partial charge is 0.129 e. The summed E-state index contributed by atoms with van der Waals surface area (Å²) in [4.78, 5) is 5.08. The van der Waals surface area contributed by atoms with Gasteiger partial charge < -0.3 is 5.11 Å². The largest absolute Gasteiger partial charge is 0.507 e. The SMILES string of the molecule is Oc1ccccc1SCc1nccs1. The second-order valence-electron chi connectivity index (χ2n) is 2.68. The lowest BCUT2D eigenvalue weighted by Crippen LogP contribution is -1.78. The van der Waals surface area contributed by atoms with Gasteiger partial charge in [0.2, 0.25) is 0 Å². The van der Waals surface area contributed by atoms with Gasteiger partial charge in [0.15, 0.2) is 0 Å². The van der Waals surface area contributed by atoms with Crippen molar-refractivity contribution >= 4 is 23.1 Å². The fraction of sp³-hybridized carbons (Fsp3) is 0.100. The van der Waals surface area contributed by atoms with Gasteiger partial charge in [-0.15, -0.1) is 23.1 Å². The van der Waals surface area contributed by atoms with Crippen molar-refractivity contribution in [3.05, 3.63) is 40.8 Å². The van der Waals surface area contributed by atoms with Crippen LogP contribution in [0.15, 0.2) is 40.7 Å². The van der Waals surface area contributed by atoms with E-state index in [0.717, 1.165) is 15.7 Å². The van der Waals surface area contributed by atoms with E-state index in [4.69, 9.17) is 0 Å². The lowest BCUT2D eigenvalue weighted by atomic mass is 10.3. The van der Waals surface area contributed by atoms with Crippen LogP contribution in [0.2, 0.25) is 0 Å². The minimum absolute atomic E-state index is 0.342. The highest BCUT2D eigenvalue weighted by molar-refractivity contribution is 7.98. The number of para-hydroxylation sites is 1. The summed E-state index contributed by atoms with van der Waals surface area (Å²) in [6.45, 7) is 0. The lowest BCUT2D eigenvalue weighted by molar-refractivity contribution is 0.462. The fourth-order valence-electron chi connectivity index (χ4n) is 1.04. The second-order valence-corrected chi connectivity index (χ2v) is 4.68. The first-order chi connectivity index (χ1) is 6.86. The van der Waals surface area contributed by atoms with E-state index >= 15 is 0 Å². The topological polar surface area (TPSA) is 33.1 Å². The number of hydrogen-bond donors (Lipinski definition) is 1. The maximum atomic E-state index is 9.50. The summed E-state index contributed by atoms with van der Waals surface area (Å²) in [5, 5.41) is 12.5. The van der Waals surface area contributed by atoms with E-state index in [-0.39, 0.29) is 0 Å². The van der Waals surface area contributed by atoms with Gasteiger partial charge in [-0.05, 0) is 12.1 Å². The van der Waals surface area contributed by atoms with Crippen LogP contribution in [0.1, 0.15) is 5.01 Å². The van der Waals surface area contributed by atoms with Gasteiger partial charge in [-0.2, -0.15) is 0 Å². The third kappa shape index (κ3) is 2.27. The molecule has 14 heavy (non-hydrogen) atoms. The van der Waals surface area contributed by atoms with E-state index < -0.39 is 0 Å². The number of benzene rings is 1. The summed E-state index contributed by atoms with van der Waals surface area (Å²) < 4.78 is 0. The Morgan fingerprint density at radius 1 is 1.36 bits per heavy atom. The predicted octanol–water partition coefficient (Wildman–Crippen LogP) is 3.14. The van der Waals surface area contributed by atoms with Crippen molar-refractivity contribution in [2.75, 3.05) is 0 Å². The number of thioether (sulfide) groups is 1. The average Bonchev–Trinajstić information content (AvgIpc) is 2.69. The molecule has 2 rings (SSSR count). The normalized spacial score (nSPS) is 10.3. The van der Waals surface area contributed by atoms with Gasteiger partial charge in [0.05, 0.1) is 5.75 Å². The molecular weight excluding hydrogens is 214 g/mol. The quantitative estimate of drug-likeness (QED) is 0.811. The first kappa shape index (κ1) is 9.55. The van der Waals surface area contributed by atoms with Gasteiger partial charge in [0.25, 0.3) is 0 Å². The zero-order valence-corrected chi connectivity index (χ0v) is 9.02. The Labute approximate surface area is 90.6 Å². The van der Waals surface area contributed by atoms with Gasteiger partial charge in [-0.25, -0.2) is 4.98 Å². The lowest BCUT2D eigenvalue weighted by Gasteiger charge is -2.01. The summed E-state index contributed by atoms with van der Waals surface area (Å²) in [6, 6.07) is 7.35. The van der Waals surface area contributed by atoms with E-state index in [1.54, 1.807) is 35.4 Å². The average molecular weight is 223 g/mol. The summed E-state index contributed by atoms with van der Waals surface area (Å²) in [5.41, 5.74) is 0. The van der Waals surface area contributed by atoms with Crippen molar-refractivity contribution in [3.63, 3.8) is 0 Å². The van der Waals surface area contributed by atoms with Gasteiger partial charge >= 0.3 is 0 Å². The Kier molecular flexibility index (Phi) is 3.06. The maximum absolute atomic E-state index is 9.50. The Morgan fingerprint density at radius 3 is 2.93 bits per heavy atom. The van der Waals surface area contributed by atoms with Crippen molar-refractivity contribution in [1.82, 2.24) is 4.98 Å². The van der Waals surface area contributed by atoms with Crippen LogP contribution in [0, 0.1) is 0 Å². The molecule has 72 valence electrons. The van der Waals surface area contributed by atoms with Crippen LogP contribution < -0.4 is 0 Å². The molecule has 1 aromatic carbocycles. The third-order valence-corrected chi connectivity index (χ3v) is 3.74. The highest BCUT2D eigenvalue weighted by atomic mass is 32.2. The highest BCUT2D eigenvalue weighted by Gasteiger charge is 2.01. The molecule has 0 bridgehead atoms. The molecule has 0 radical (unpaired) electrons. The number of aromatic nitrogens is 1. The number of hydrogen-bond acceptors (Lipinski definition) is 4. The first-order valence-corrected chi connectivity index (χ1v) is 6.02. The van der Waals surface area contributed by atoms with Gasteiger partial charge in [0, 0.05) is 16.5 Å². The molecule has 2 nitrogen and oxygen atoms in total. The summed E-state index contributed by atoms with van der Waals surface area (Å²) in [5.74, 6) is 1.16. The molecule has 0 saturated carbocycles. The molecule has 0 aliphatic carbocycles. The maximum Gasteiger partial charge on any atom is 0.129 e. The van der Waals surface area contributed by atoms with Crippen molar-refractivity contribution in [2.24, 2.45) is 0 Å². The third-order valence-electron chi connectivity index (χ3n) is 1.70. The van der Waals surface area contributed by atoms with Crippen LogP contribution in [0.5, 0.6) is 5.75 Å². The summed E-state index contributed by atoms with van der Waals surface area (Å²) >= 11 is 3.24. The van der Waals surface area contributed by atoms with Gasteiger partial charge in [0.1, 0.15) is 10.8 Å². The van der Waals surface area contributed by atoms with Crippen LogP contribution in [0.4, 0.5) is 0 Å². The number of phenolic OH excluding ortho intramolecular Hbond substituents is 1. The number of phenols is 1. The summed E-state index contributed by atoms with van der Waals surface area (Å²) in [6.07, 6.45) is 1.80. The van der Waals surface area contributed by atoms with E-state index in [1.165, 1.54) is 0 Å². The monoisotopic (exact) mass is 223 g/mol. The van der Waals surface area contributed by atoms with Crippen molar-refractivity contribution in [2.45, 2.75) is 10.6 Å². The van der Waals surface area contributed by atoms with Gasteiger partial charge in [-0.3, -0.25) is 0 Å². The molecule has 0 amide bonds. The molecule has 1 aromatic heterocycles. The molecule has 1 heterocycles. The molecule has 0 unspecified atom stereocenters. The van der Waals surface area contributed by atoms with Crippen LogP contribution in [-0.4, -0.2) is 10.1 Å². The molecule has 0 fully saturated rings. The Bertz CT molecular complexity index is 400. The number of nitrogens with zero attached hydrogens (tertiary/aromatic N) is 1. The molecule has 0 spiro atoms. The molecule has 0 aliphatic heterocycles. The van der Waals surface area contributed by atoms with E-state index in [9.17, 15) is 5.11 Å². The molecule has 2 aromatic rings. The molecular formula is C10H9NOS2. The Hall–Kier alpha value is -1.00. The minimum atomic E-state index is 0.342. The van der Waals surface area contributed by atoms with Crippen LogP contribution in [0.25, 0.3) is 0 Å². The predicted molar refractivity (Wildman–Crippen MR) is 59.8 cm³/mol. The fourth-order valence-corrected chi connectivity index (χ4v) is 2.64. The van der Waals surface area contributed by atoms with Crippen molar-refractivity contribution in [1.29, 1.82) is 0 Å². The van der Waals surface area contributed by atoms with Gasteiger partial charge in [-0.1, -0.05) is 12.1 Å². The van der Waals surface area contributed by atoms with Crippen molar-refractivity contribution in [3.8, 4) is 5.75 Å².